The first-order valence-corrected chi connectivity index (χ1v) is 10.4. The van der Waals surface area contributed by atoms with Gasteiger partial charge in [-0.3, -0.25) is 14.4 Å². The first-order valence-electron chi connectivity index (χ1n) is 9.99. The van der Waals surface area contributed by atoms with Gasteiger partial charge in [-0.15, -0.1) is 0 Å². The van der Waals surface area contributed by atoms with Gasteiger partial charge in [0.25, 0.3) is 5.91 Å². The van der Waals surface area contributed by atoms with E-state index in [4.69, 9.17) is 16.3 Å². The topological polar surface area (TPSA) is 109 Å². The summed E-state index contributed by atoms with van der Waals surface area (Å²) in [6.45, 7) is 1.57. The van der Waals surface area contributed by atoms with E-state index in [2.05, 4.69) is 21.2 Å². The molecule has 3 rings (SSSR count). The van der Waals surface area contributed by atoms with Crippen LogP contribution in [0.1, 0.15) is 11.1 Å². The number of carbonyl (C=O) groups is 3. The maximum Gasteiger partial charge on any atom is 0.329 e. The van der Waals surface area contributed by atoms with Gasteiger partial charge in [0.1, 0.15) is 11.6 Å². The van der Waals surface area contributed by atoms with Gasteiger partial charge in [-0.2, -0.15) is 5.10 Å². The number of hydrogen-bond acceptors (Lipinski definition) is 5. The van der Waals surface area contributed by atoms with Gasteiger partial charge < -0.3 is 15.4 Å². The predicted octanol–water partition coefficient (Wildman–Crippen LogP) is 3.89. The lowest BCUT2D eigenvalue weighted by Crippen LogP contribution is -2.32. The predicted molar refractivity (Wildman–Crippen MR) is 128 cm³/mol. The summed E-state index contributed by atoms with van der Waals surface area (Å²) in [6.07, 6.45) is 1.28. The number of hydrogen-bond donors (Lipinski definition) is 3. The number of carbonyl (C=O) groups excluding carboxylic acids is 3. The number of nitrogens with zero attached hydrogens (tertiary/aromatic N) is 1. The van der Waals surface area contributed by atoms with Crippen LogP contribution in [-0.4, -0.2) is 30.5 Å². The van der Waals surface area contributed by atoms with Gasteiger partial charge in [0.15, 0.2) is 6.61 Å². The Balaban J connectivity index is 1.54. The standard InChI is InChI=1S/C24H20ClFN4O4/c1-15-6-7-17(25)12-20(15)29-22(31)14-34-21-5-3-2-4-16(21)13-27-30-24(33)23(32)28-19-10-8-18(26)9-11-19/h2-13H,14H2,1H3,(H,28,32)(H,29,31)(H,30,33)/b27-13-. The van der Waals surface area contributed by atoms with E-state index in [1.165, 1.54) is 18.3 Å². The molecule has 0 aliphatic heterocycles. The third-order valence-electron chi connectivity index (χ3n) is 4.43. The Morgan fingerprint density at radius 1 is 1.00 bits per heavy atom. The normalized spacial score (nSPS) is 10.6. The Hall–Kier alpha value is -4.24. The molecule has 3 aromatic carbocycles. The van der Waals surface area contributed by atoms with Gasteiger partial charge in [-0.05, 0) is 61.0 Å². The number of rotatable bonds is 7. The number of benzene rings is 3. The van der Waals surface area contributed by atoms with Gasteiger partial charge in [0, 0.05) is 22.0 Å². The molecule has 0 radical (unpaired) electrons. The average molecular weight is 483 g/mol. The van der Waals surface area contributed by atoms with Crippen LogP contribution in [0.15, 0.2) is 71.8 Å². The molecule has 0 heterocycles. The van der Waals surface area contributed by atoms with Crippen LogP contribution in [0.2, 0.25) is 5.02 Å². The molecular formula is C24H20ClFN4O4. The summed E-state index contributed by atoms with van der Waals surface area (Å²) >= 11 is 5.96. The number of ether oxygens (including phenoxy) is 1. The van der Waals surface area contributed by atoms with Gasteiger partial charge in [-0.25, -0.2) is 9.82 Å². The molecule has 0 fully saturated rings. The van der Waals surface area contributed by atoms with Crippen molar-refractivity contribution in [3.63, 3.8) is 0 Å². The molecule has 3 N–H and O–H groups in total. The first-order chi connectivity index (χ1) is 16.3. The fourth-order valence-electron chi connectivity index (χ4n) is 2.71. The van der Waals surface area contributed by atoms with E-state index in [9.17, 15) is 18.8 Å². The van der Waals surface area contributed by atoms with Crippen molar-refractivity contribution in [1.29, 1.82) is 0 Å². The van der Waals surface area contributed by atoms with Crippen LogP contribution in [0.3, 0.4) is 0 Å². The minimum Gasteiger partial charge on any atom is -0.483 e. The van der Waals surface area contributed by atoms with Crippen LogP contribution in [0, 0.1) is 12.7 Å². The molecule has 0 spiro atoms. The quantitative estimate of drug-likeness (QED) is 0.269. The van der Waals surface area contributed by atoms with Crippen molar-refractivity contribution in [3.05, 3.63) is 88.7 Å². The average Bonchev–Trinajstić information content (AvgIpc) is 2.82. The molecule has 0 aromatic heterocycles. The Kier molecular flexibility index (Phi) is 8.31. The van der Waals surface area contributed by atoms with E-state index in [1.54, 1.807) is 42.5 Å². The third-order valence-corrected chi connectivity index (χ3v) is 4.66. The van der Waals surface area contributed by atoms with Crippen molar-refractivity contribution in [1.82, 2.24) is 5.43 Å². The number of nitrogens with one attached hydrogen (secondary N) is 3. The summed E-state index contributed by atoms with van der Waals surface area (Å²) < 4.78 is 18.5. The summed E-state index contributed by atoms with van der Waals surface area (Å²) in [4.78, 5) is 36.1. The summed E-state index contributed by atoms with van der Waals surface area (Å²) in [5.74, 6) is -2.50. The highest BCUT2D eigenvalue weighted by Gasteiger charge is 2.13. The van der Waals surface area contributed by atoms with Crippen molar-refractivity contribution >= 4 is 46.9 Å². The van der Waals surface area contributed by atoms with Crippen LogP contribution in [0.25, 0.3) is 0 Å². The van der Waals surface area contributed by atoms with Crippen LogP contribution >= 0.6 is 11.6 Å². The molecular weight excluding hydrogens is 463 g/mol. The van der Waals surface area contributed by atoms with Gasteiger partial charge >= 0.3 is 11.8 Å². The van der Waals surface area contributed by atoms with Crippen LogP contribution in [0.4, 0.5) is 15.8 Å². The van der Waals surface area contributed by atoms with E-state index in [-0.39, 0.29) is 18.2 Å². The minimum absolute atomic E-state index is 0.260. The summed E-state index contributed by atoms with van der Waals surface area (Å²) in [5.41, 5.74) is 4.25. The van der Waals surface area contributed by atoms with Gasteiger partial charge in [0.2, 0.25) is 0 Å². The van der Waals surface area contributed by atoms with Crippen molar-refractivity contribution < 1.29 is 23.5 Å². The fourth-order valence-corrected chi connectivity index (χ4v) is 2.88. The van der Waals surface area contributed by atoms with Crippen molar-refractivity contribution in [2.24, 2.45) is 5.10 Å². The number of aryl methyl sites for hydroxylation is 1. The molecule has 0 aliphatic carbocycles. The van der Waals surface area contributed by atoms with E-state index in [0.29, 0.717) is 22.0 Å². The Morgan fingerprint density at radius 3 is 2.50 bits per heavy atom. The number of hydrazone groups is 1. The highest BCUT2D eigenvalue weighted by Crippen LogP contribution is 2.20. The van der Waals surface area contributed by atoms with Crippen molar-refractivity contribution in [2.45, 2.75) is 6.92 Å². The number of amides is 3. The second kappa shape index (κ2) is 11.6. The molecule has 0 aliphatic rings. The molecule has 3 amide bonds. The number of para-hydroxylation sites is 1. The fraction of sp³-hybridized carbons (Fsp3) is 0.0833. The number of anilines is 2. The second-order valence-electron chi connectivity index (χ2n) is 6.99. The molecule has 3 aromatic rings. The molecule has 0 saturated carbocycles. The summed E-state index contributed by atoms with van der Waals surface area (Å²) in [7, 11) is 0. The molecule has 34 heavy (non-hydrogen) atoms. The molecule has 0 saturated heterocycles. The molecule has 0 unspecified atom stereocenters. The smallest absolute Gasteiger partial charge is 0.329 e. The first kappa shape index (κ1) is 24.4. The molecule has 0 bridgehead atoms. The van der Waals surface area contributed by atoms with E-state index < -0.39 is 17.6 Å². The summed E-state index contributed by atoms with van der Waals surface area (Å²) in [6, 6.07) is 16.8. The highest BCUT2D eigenvalue weighted by atomic mass is 35.5. The monoisotopic (exact) mass is 482 g/mol. The highest BCUT2D eigenvalue weighted by molar-refractivity contribution is 6.39. The maximum absolute atomic E-state index is 12.9. The van der Waals surface area contributed by atoms with Gasteiger partial charge in [-0.1, -0.05) is 29.8 Å². The maximum atomic E-state index is 12.9. The van der Waals surface area contributed by atoms with E-state index in [0.717, 1.165) is 17.7 Å². The lowest BCUT2D eigenvalue weighted by molar-refractivity contribution is -0.136. The van der Waals surface area contributed by atoms with Gasteiger partial charge in [0.05, 0.1) is 6.21 Å². The SMILES string of the molecule is Cc1ccc(Cl)cc1NC(=O)COc1ccccc1/C=N\NC(=O)C(=O)Nc1ccc(F)cc1. The zero-order valence-electron chi connectivity index (χ0n) is 18.0. The Bertz CT molecular complexity index is 1230. The molecule has 10 heteroatoms. The van der Waals surface area contributed by atoms with E-state index >= 15 is 0 Å². The Labute approximate surface area is 199 Å². The second-order valence-corrected chi connectivity index (χ2v) is 7.43. The Morgan fingerprint density at radius 2 is 1.74 bits per heavy atom. The van der Waals surface area contributed by atoms with Crippen molar-refractivity contribution in [3.8, 4) is 5.75 Å². The lowest BCUT2D eigenvalue weighted by Gasteiger charge is -2.11. The largest absolute Gasteiger partial charge is 0.483 e. The number of halogens is 2. The zero-order chi connectivity index (χ0) is 24.5. The van der Waals surface area contributed by atoms with Crippen LogP contribution in [-0.2, 0) is 14.4 Å². The zero-order valence-corrected chi connectivity index (χ0v) is 18.7. The minimum atomic E-state index is -1.02. The van der Waals surface area contributed by atoms with Crippen LogP contribution in [0.5, 0.6) is 5.75 Å². The third kappa shape index (κ3) is 7.14. The molecule has 8 nitrogen and oxygen atoms in total. The van der Waals surface area contributed by atoms with Crippen LogP contribution < -0.4 is 20.8 Å². The van der Waals surface area contributed by atoms with Crippen molar-refractivity contribution in [2.75, 3.05) is 17.2 Å². The molecule has 0 atom stereocenters. The van der Waals surface area contributed by atoms with E-state index in [1.807, 2.05) is 6.92 Å². The summed E-state index contributed by atoms with van der Waals surface area (Å²) in [5, 5.41) is 9.30. The molecule has 174 valence electrons. The lowest BCUT2D eigenvalue weighted by atomic mass is 10.2.